The Labute approximate surface area is 120 Å². The Balaban J connectivity index is 2.62. The first-order valence-corrected chi connectivity index (χ1v) is 6.86. The smallest absolute Gasteiger partial charge is 0.138 e. The Morgan fingerprint density at radius 2 is 2.21 bits per heavy atom. The molecule has 3 nitrogen and oxygen atoms in total. The van der Waals surface area contributed by atoms with E-state index < -0.39 is 0 Å². The van der Waals surface area contributed by atoms with Gasteiger partial charge >= 0.3 is 0 Å². The van der Waals surface area contributed by atoms with Crippen LogP contribution in [-0.2, 0) is 11.4 Å². The van der Waals surface area contributed by atoms with Crippen LogP contribution in [0.3, 0.4) is 0 Å². The molecule has 0 saturated carbocycles. The van der Waals surface area contributed by atoms with E-state index in [0.717, 1.165) is 23.0 Å². The molecule has 0 unspecified atom stereocenters. The molecule has 0 amide bonds. The predicted molar refractivity (Wildman–Crippen MR) is 79.0 cm³/mol. The number of hydrogen-bond donors (Lipinski definition) is 0. The van der Waals surface area contributed by atoms with Crippen molar-refractivity contribution in [3.8, 4) is 0 Å². The Morgan fingerprint density at radius 3 is 2.84 bits per heavy atom. The molecule has 2 rings (SSSR count). The van der Waals surface area contributed by atoms with E-state index in [1.54, 1.807) is 12.3 Å². The van der Waals surface area contributed by atoms with Gasteiger partial charge in [0, 0.05) is 23.7 Å². The van der Waals surface area contributed by atoms with Crippen molar-refractivity contribution in [1.29, 1.82) is 0 Å². The maximum atomic E-state index is 13.7. The molecule has 19 heavy (non-hydrogen) atoms. The summed E-state index contributed by atoms with van der Waals surface area (Å²) >= 11 is 3.23. The monoisotopic (exact) mass is 326 g/mol. The Kier molecular flexibility index (Phi) is 4.24. The average Bonchev–Trinajstić information content (AvgIpc) is 2.65. The largest absolute Gasteiger partial charge is 0.399 e. The van der Waals surface area contributed by atoms with Crippen molar-refractivity contribution < 1.29 is 9.23 Å². The maximum absolute atomic E-state index is 13.7. The van der Waals surface area contributed by atoms with E-state index in [0.29, 0.717) is 10.4 Å². The van der Waals surface area contributed by atoms with Crippen LogP contribution >= 0.6 is 15.9 Å². The van der Waals surface area contributed by atoms with Crippen molar-refractivity contribution >= 4 is 33.0 Å². The molecule has 0 aliphatic carbocycles. The fraction of sp³-hybridized carbons (Fsp3) is 0.357. The summed E-state index contributed by atoms with van der Waals surface area (Å²) in [5.41, 5.74) is 1.84. The second-order valence-corrected chi connectivity index (χ2v) is 5.69. The Morgan fingerprint density at radius 1 is 1.47 bits per heavy atom. The van der Waals surface area contributed by atoms with E-state index in [-0.39, 0.29) is 5.82 Å². The third-order valence-electron chi connectivity index (χ3n) is 2.81. The maximum Gasteiger partial charge on any atom is 0.138 e. The van der Waals surface area contributed by atoms with Crippen molar-refractivity contribution in [1.82, 2.24) is 4.57 Å². The zero-order valence-electron chi connectivity index (χ0n) is 11.2. The topological polar surface area (TPSA) is 26.5 Å². The lowest BCUT2D eigenvalue weighted by atomic mass is 10.2. The number of aromatic nitrogens is 1. The highest BCUT2D eigenvalue weighted by Crippen LogP contribution is 2.27. The lowest BCUT2D eigenvalue weighted by molar-refractivity contribution is 0.215. The molecule has 0 spiro atoms. The fourth-order valence-electron chi connectivity index (χ4n) is 2.07. The number of fused-ring (bicyclic) bond motifs is 1. The van der Waals surface area contributed by atoms with Gasteiger partial charge in [0.1, 0.15) is 12.9 Å². The van der Waals surface area contributed by atoms with Gasteiger partial charge in [0.05, 0.1) is 16.2 Å². The molecule has 0 aliphatic heterocycles. The van der Waals surface area contributed by atoms with Gasteiger partial charge in [0.25, 0.3) is 0 Å². The van der Waals surface area contributed by atoms with Gasteiger partial charge in [0.15, 0.2) is 0 Å². The van der Waals surface area contributed by atoms with E-state index in [2.05, 4.69) is 39.5 Å². The lowest BCUT2D eigenvalue weighted by Gasteiger charge is -2.08. The SMILES string of the molecule is CO/N=C/c1cn(CC(C)C)c2cc(Br)c(F)cc12. The number of halogens is 2. The summed E-state index contributed by atoms with van der Waals surface area (Å²) in [4.78, 5) is 4.70. The van der Waals surface area contributed by atoms with Crippen LogP contribution in [0.1, 0.15) is 19.4 Å². The van der Waals surface area contributed by atoms with Crippen molar-refractivity contribution in [2.45, 2.75) is 20.4 Å². The second kappa shape index (κ2) is 5.74. The molecule has 0 radical (unpaired) electrons. The molecule has 0 atom stereocenters. The Hall–Kier alpha value is -1.36. The zero-order valence-corrected chi connectivity index (χ0v) is 12.7. The summed E-state index contributed by atoms with van der Waals surface area (Å²) in [6.07, 6.45) is 3.57. The molecule has 1 heterocycles. The molecular weight excluding hydrogens is 311 g/mol. The molecule has 5 heteroatoms. The van der Waals surface area contributed by atoms with E-state index >= 15 is 0 Å². The molecule has 2 aromatic rings. The molecule has 102 valence electrons. The third-order valence-corrected chi connectivity index (χ3v) is 3.42. The highest BCUT2D eigenvalue weighted by molar-refractivity contribution is 9.10. The molecule has 0 saturated heterocycles. The minimum Gasteiger partial charge on any atom is -0.399 e. The van der Waals surface area contributed by atoms with Crippen LogP contribution in [0.4, 0.5) is 4.39 Å². The number of rotatable bonds is 4. The van der Waals surface area contributed by atoms with Gasteiger partial charge in [0.2, 0.25) is 0 Å². The van der Waals surface area contributed by atoms with Crippen molar-refractivity contribution in [3.63, 3.8) is 0 Å². The average molecular weight is 327 g/mol. The predicted octanol–water partition coefficient (Wildman–Crippen LogP) is 4.18. The summed E-state index contributed by atoms with van der Waals surface area (Å²) in [5, 5.41) is 4.60. The molecular formula is C14H16BrFN2O. The standard InChI is InChI=1S/C14H16BrFN2O/c1-9(2)7-18-8-10(6-17-19-3)11-4-13(16)12(15)5-14(11)18/h4-6,8-9H,7H2,1-3H3/b17-6+. The van der Waals surface area contributed by atoms with Crippen molar-refractivity contribution in [2.75, 3.05) is 7.11 Å². The lowest BCUT2D eigenvalue weighted by Crippen LogP contribution is -2.02. The Bertz CT molecular complexity index is 619. The van der Waals surface area contributed by atoms with Crippen LogP contribution in [0.15, 0.2) is 28.0 Å². The minimum absolute atomic E-state index is 0.276. The third kappa shape index (κ3) is 2.97. The number of oxime groups is 1. The number of hydrogen-bond acceptors (Lipinski definition) is 2. The van der Waals surface area contributed by atoms with Gasteiger partial charge in [-0.05, 0) is 34.0 Å². The zero-order chi connectivity index (χ0) is 14.0. The molecule has 0 aliphatic rings. The molecule has 1 aromatic heterocycles. The van der Waals surface area contributed by atoms with Crippen LogP contribution in [0, 0.1) is 11.7 Å². The van der Waals surface area contributed by atoms with Crippen molar-refractivity contribution in [3.05, 3.63) is 34.2 Å². The fourth-order valence-corrected chi connectivity index (χ4v) is 2.40. The van der Waals surface area contributed by atoms with Crippen LogP contribution < -0.4 is 0 Å². The first-order valence-electron chi connectivity index (χ1n) is 6.07. The van der Waals surface area contributed by atoms with Gasteiger partial charge < -0.3 is 9.40 Å². The quantitative estimate of drug-likeness (QED) is 0.611. The van der Waals surface area contributed by atoms with E-state index in [1.807, 2.05) is 6.20 Å². The second-order valence-electron chi connectivity index (χ2n) is 4.83. The normalized spacial score (nSPS) is 11.9. The first-order chi connectivity index (χ1) is 9.02. The summed E-state index contributed by atoms with van der Waals surface area (Å²) in [5.74, 6) is 0.230. The van der Waals surface area contributed by atoms with Gasteiger partial charge in [-0.2, -0.15) is 0 Å². The van der Waals surface area contributed by atoms with E-state index in [1.165, 1.54) is 13.2 Å². The highest BCUT2D eigenvalue weighted by Gasteiger charge is 2.12. The summed E-state index contributed by atoms with van der Waals surface area (Å²) < 4.78 is 16.3. The van der Waals surface area contributed by atoms with Gasteiger partial charge in [-0.15, -0.1) is 0 Å². The number of benzene rings is 1. The van der Waals surface area contributed by atoms with Crippen LogP contribution in [-0.4, -0.2) is 17.9 Å². The van der Waals surface area contributed by atoms with Crippen LogP contribution in [0.2, 0.25) is 0 Å². The van der Waals surface area contributed by atoms with Gasteiger partial charge in [-0.25, -0.2) is 4.39 Å². The van der Waals surface area contributed by atoms with Gasteiger partial charge in [-0.1, -0.05) is 19.0 Å². The van der Waals surface area contributed by atoms with Crippen LogP contribution in [0.25, 0.3) is 10.9 Å². The van der Waals surface area contributed by atoms with E-state index in [9.17, 15) is 4.39 Å². The summed E-state index contributed by atoms with van der Waals surface area (Å²) in [7, 11) is 1.49. The van der Waals surface area contributed by atoms with Crippen molar-refractivity contribution in [2.24, 2.45) is 11.1 Å². The molecule has 1 aromatic carbocycles. The van der Waals surface area contributed by atoms with Crippen LogP contribution in [0.5, 0.6) is 0 Å². The summed E-state index contributed by atoms with van der Waals surface area (Å²) in [6, 6.07) is 3.32. The van der Waals surface area contributed by atoms with Gasteiger partial charge in [-0.3, -0.25) is 0 Å². The minimum atomic E-state index is -0.276. The molecule has 0 fully saturated rings. The summed E-state index contributed by atoms with van der Waals surface area (Å²) in [6.45, 7) is 5.16. The molecule has 0 bridgehead atoms. The first kappa shape index (κ1) is 14.1. The van der Waals surface area contributed by atoms with E-state index in [4.69, 9.17) is 4.84 Å². The number of nitrogens with zero attached hydrogens (tertiary/aromatic N) is 2. The molecule has 0 N–H and O–H groups in total. The highest BCUT2D eigenvalue weighted by atomic mass is 79.9.